The molecule has 0 unspecified atom stereocenters. The van der Waals surface area contributed by atoms with Crippen molar-refractivity contribution in [3.05, 3.63) is 29.0 Å². The van der Waals surface area contributed by atoms with E-state index in [2.05, 4.69) is 10.3 Å². The molecule has 5 heteroatoms. The number of hydrogen-bond acceptors (Lipinski definition) is 3. The van der Waals surface area contributed by atoms with Crippen LogP contribution in [-0.2, 0) is 11.3 Å². The Hall–Kier alpha value is -1.13. The second-order valence-electron chi connectivity index (χ2n) is 4.39. The van der Waals surface area contributed by atoms with Gasteiger partial charge < -0.3 is 10.4 Å². The Balaban J connectivity index is 1.89. The number of aromatic nitrogens is 1. The molecule has 0 radical (unpaired) electrons. The minimum absolute atomic E-state index is 0.299. The molecule has 1 aromatic rings. The van der Waals surface area contributed by atoms with E-state index in [4.69, 9.17) is 11.6 Å². The van der Waals surface area contributed by atoms with Gasteiger partial charge in [0, 0.05) is 6.20 Å². The van der Waals surface area contributed by atoms with Gasteiger partial charge in [0.1, 0.15) is 5.60 Å². The highest BCUT2D eigenvalue weighted by atomic mass is 35.5. The minimum atomic E-state index is -1.17. The van der Waals surface area contributed by atoms with Gasteiger partial charge in [-0.05, 0) is 37.8 Å². The van der Waals surface area contributed by atoms with E-state index < -0.39 is 5.60 Å². The SMILES string of the molecule is O=C(NCc1ccc(Cl)cn1)C1(O)CCCC1. The first kappa shape index (κ1) is 12.3. The molecule has 1 aromatic heterocycles. The van der Waals surface area contributed by atoms with Gasteiger partial charge in [-0.2, -0.15) is 0 Å². The molecule has 17 heavy (non-hydrogen) atoms. The quantitative estimate of drug-likeness (QED) is 0.862. The second kappa shape index (κ2) is 5.02. The van der Waals surface area contributed by atoms with E-state index in [-0.39, 0.29) is 5.91 Å². The van der Waals surface area contributed by atoms with Crippen LogP contribution in [0.2, 0.25) is 5.02 Å². The fourth-order valence-corrected chi connectivity index (χ4v) is 2.15. The molecule has 4 nitrogen and oxygen atoms in total. The van der Waals surface area contributed by atoms with Gasteiger partial charge >= 0.3 is 0 Å². The maximum atomic E-state index is 11.8. The van der Waals surface area contributed by atoms with Crippen molar-refractivity contribution in [1.29, 1.82) is 0 Å². The first-order chi connectivity index (χ1) is 8.10. The summed E-state index contributed by atoms with van der Waals surface area (Å²) in [5.41, 5.74) is -0.448. The standard InChI is InChI=1S/C12H15ClN2O2/c13-9-3-4-10(14-7-9)8-15-11(16)12(17)5-1-2-6-12/h3-4,7,17H,1-2,5-6,8H2,(H,15,16). The third kappa shape index (κ3) is 2.96. The van der Waals surface area contributed by atoms with Crippen molar-refractivity contribution in [3.63, 3.8) is 0 Å². The van der Waals surface area contributed by atoms with Crippen LogP contribution in [0.25, 0.3) is 0 Å². The molecule has 1 saturated carbocycles. The van der Waals surface area contributed by atoms with E-state index in [1.807, 2.05) is 0 Å². The maximum absolute atomic E-state index is 11.8. The second-order valence-corrected chi connectivity index (χ2v) is 4.83. The monoisotopic (exact) mass is 254 g/mol. The van der Waals surface area contributed by atoms with Gasteiger partial charge in [-0.25, -0.2) is 0 Å². The number of rotatable bonds is 3. The lowest BCUT2D eigenvalue weighted by atomic mass is 10.0. The van der Waals surface area contributed by atoms with Crippen LogP contribution in [0.3, 0.4) is 0 Å². The molecule has 2 rings (SSSR count). The predicted molar refractivity (Wildman–Crippen MR) is 64.5 cm³/mol. The normalized spacial score (nSPS) is 18.0. The summed E-state index contributed by atoms with van der Waals surface area (Å²) < 4.78 is 0. The number of nitrogens with one attached hydrogen (secondary N) is 1. The lowest BCUT2D eigenvalue weighted by Gasteiger charge is -2.20. The average Bonchev–Trinajstić information content (AvgIpc) is 2.76. The Morgan fingerprint density at radius 3 is 2.76 bits per heavy atom. The molecule has 1 aliphatic carbocycles. The van der Waals surface area contributed by atoms with Crippen LogP contribution in [0.1, 0.15) is 31.4 Å². The van der Waals surface area contributed by atoms with Gasteiger partial charge in [-0.15, -0.1) is 0 Å². The molecule has 2 N–H and O–H groups in total. The summed E-state index contributed by atoms with van der Waals surface area (Å²) in [4.78, 5) is 15.9. The number of amides is 1. The summed E-state index contributed by atoms with van der Waals surface area (Å²) >= 11 is 5.71. The molecular formula is C12H15ClN2O2. The number of aliphatic hydroxyl groups is 1. The summed E-state index contributed by atoms with van der Waals surface area (Å²) in [6.07, 6.45) is 4.44. The van der Waals surface area contributed by atoms with Crippen molar-refractivity contribution < 1.29 is 9.90 Å². The first-order valence-corrected chi connectivity index (χ1v) is 6.09. The van der Waals surface area contributed by atoms with Crippen LogP contribution in [0.15, 0.2) is 18.3 Å². The molecule has 1 heterocycles. The molecule has 1 amide bonds. The van der Waals surface area contributed by atoms with Crippen LogP contribution in [0.4, 0.5) is 0 Å². The van der Waals surface area contributed by atoms with E-state index in [0.717, 1.165) is 18.5 Å². The summed E-state index contributed by atoms with van der Waals surface area (Å²) in [5.74, 6) is -0.299. The number of hydrogen-bond donors (Lipinski definition) is 2. The van der Waals surface area contributed by atoms with Crippen molar-refractivity contribution >= 4 is 17.5 Å². The van der Waals surface area contributed by atoms with Gasteiger partial charge in [0.05, 0.1) is 17.3 Å². The van der Waals surface area contributed by atoms with Gasteiger partial charge in [0.25, 0.3) is 5.91 Å². The van der Waals surface area contributed by atoms with Crippen LogP contribution in [0.5, 0.6) is 0 Å². The highest BCUT2D eigenvalue weighted by molar-refractivity contribution is 6.30. The predicted octanol–water partition coefficient (Wildman–Crippen LogP) is 1.66. The van der Waals surface area contributed by atoms with Crippen LogP contribution in [-0.4, -0.2) is 21.6 Å². The molecule has 0 aliphatic heterocycles. The summed E-state index contributed by atoms with van der Waals surface area (Å²) in [6, 6.07) is 3.47. The molecule has 0 atom stereocenters. The molecule has 0 bridgehead atoms. The van der Waals surface area contributed by atoms with E-state index >= 15 is 0 Å². The minimum Gasteiger partial charge on any atom is -0.380 e. The number of halogens is 1. The van der Waals surface area contributed by atoms with Gasteiger partial charge in [0.15, 0.2) is 0 Å². The van der Waals surface area contributed by atoms with Crippen LogP contribution >= 0.6 is 11.6 Å². The molecule has 1 aliphatic rings. The Bertz CT molecular complexity index is 399. The zero-order valence-corrected chi connectivity index (χ0v) is 10.2. The van der Waals surface area contributed by atoms with Crippen molar-refractivity contribution in [1.82, 2.24) is 10.3 Å². The summed E-state index contributed by atoms with van der Waals surface area (Å²) in [7, 11) is 0. The molecule has 0 saturated heterocycles. The average molecular weight is 255 g/mol. The first-order valence-electron chi connectivity index (χ1n) is 5.71. The van der Waals surface area contributed by atoms with Crippen molar-refractivity contribution in [3.8, 4) is 0 Å². The fourth-order valence-electron chi connectivity index (χ4n) is 2.03. The zero-order chi connectivity index (χ0) is 12.3. The third-order valence-electron chi connectivity index (χ3n) is 3.07. The lowest BCUT2D eigenvalue weighted by molar-refractivity contribution is -0.139. The summed E-state index contributed by atoms with van der Waals surface area (Å²) in [5, 5.41) is 13.3. The Kier molecular flexibility index (Phi) is 3.64. The van der Waals surface area contributed by atoms with Crippen LogP contribution < -0.4 is 5.32 Å². The highest BCUT2D eigenvalue weighted by Crippen LogP contribution is 2.29. The van der Waals surface area contributed by atoms with E-state index in [1.54, 1.807) is 12.1 Å². The number of carbonyl (C=O) groups is 1. The van der Waals surface area contributed by atoms with Gasteiger partial charge in [-0.1, -0.05) is 11.6 Å². The Morgan fingerprint density at radius 1 is 1.47 bits per heavy atom. The molecule has 0 spiro atoms. The number of carbonyl (C=O) groups excluding carboxylic acids is 1. The van der Waals surface area contributed by atoms with Crippen LogP contribution in [0, 0.1) is 0 Å². The zero-order valence-electron chi connectivity index (χ0n) is 9.45. The van der Waals surface area contributed by atoms with Crippen molar-refractivity contribution in [2.24, 2.45) is 0 Å². The Labute approximate surface area is 105 Å². The number of pyridine rings is 1. The maximum Gasteiger partial charge on any atom is 0.252 e. The number of nitrogens with zero attached hydrogens (tertiary/aromatic N) is 1. The smallest absolute Gasteiger partial charge is 0.252 e. The fraction of sp³-hybridized carbons (Fsp3) is 0.500. The van der Waals surface area contributed by atoms with E-state index in [9.17, 15) is 9.90 Å². The third-order valence-corrected chi connectivity index (χ3v) is 3.30. The summed E-state index contributed by atoms with van der Waals surface area (Å²) in [6.45, 7) is 0.318. The van der Waals surface area contributed by atoms with Gasteiger partial charge in [-0.3, -0.25) is 9.78 Å². The lowest BCUT2D eigenvalue weighted by Crippen LogP contribution is -2.44. The molecule has 92 valence electrons. The van der Waals surface area contributed by atoms with E-state index in [1.165, 1.54) is 6.20 Å². The van der Waals surface area contributed by atoms with E-state index in [0.29, 0.717) is 24.4 Å². The highest BCUT2D eigenvalue weighted by Gasteiger charge is 2.38. The molecular weight excluding hydrogens is 240 g/mol. The Morgan fingerprint density at radius 2 is 2.18 bits per heavy atom. The topological polar surface area (TPSA) is 62.2 Å². The molecule has 0 aromatic carbocycles. The van der Waals surface area contributed by atoms with Gasteiger partial charge in [0.2, 0.25) is 0 Å². The van der Waals surface area contributed by atoms with Crippen molar-refractivity contribution in [2.75, 3.05) is 0 Å². The van der Waals surface area contributed by atoms with Crippen molar-refractivity contribution in [2.45, 2.75) is 37.8 Å². The molecule has 1 fully saturated rings. The largest absolute Gasteiger partial charge is 0.380 e.